The molecule has 3 fully saturated rings. The van der Waals surface area contributed by atoms with Crippen molar-refractivity contribution in [3.63, 3.8) is 0 Å². The van der Waals surface area contributed by atoms with E-state index in [2.05, 4.69) is 45.1 Å². The van der Waals surface area contributed by atoms with Crippen molar-refractivity contribution in [1.29, 1.82) is 0 Å². The molecule has 0 aliphatic carbocycles. The van der Waals surface area contributed by atoms with Gasteiger partial charge >= 0.3 is 0 Å². The molecular formula is C22H27N3O. The van der Waals surface area contributed by atoms with Crippen LogP contribution >= 0.6 is 0 Å². The number of pyridine rings is 1. The Morgan fingerprint density at radius 1 is 1.00 bits per heavy atom. The molecule has 3 aliphatic rings. The fourth-order valence-corrected chi connectivity index (χ4v) is 4.33. The van der Waals surface area contributed by atoms with Gasteiger partial charge in [0.2, 0.25) is 5.91 Å². The molecule has 26 heavy (non-hydrogen) atoms. The number of carbonyl (C=O) groups excluding carboxylic acids is 1. The van der Waals surface area contributed by atoms with Crippen LogP contribution in [0.2, 0.25) is 0 Å². The molecule has 0 N–H and O–H groups in total. The number of hydrogen-bond donors (Lipinski definition) is 0. The van der Waals surface area contributed by atoms with E-state index in [1.54, 1.807) is 6.20 Å². The van der Waals surface area contributed by atoms with E-state index in [0.29, 0.717) is 18.4 Å². The highest BCUT2D eigenvalue weighted by atomic mass is 16.2. The van der Waals surface area contributed by atoms with E-state index >= 15 is 0 Å². The number of aromatic nitrogens is 1. The summed E-state index contributed by atoms with van der Waals surface area (Å²) in [6.45, 7) is 3.91. The van der Waals surface area contributed by atoms with Crippen LogP contribution in [0.1, 0.15) is 30.5 Å². The summed E-state index contributed by atoms with van der Waals surface area (Å²) in [4.78, 5) is 21.8. The van der Waals surface area contributed by atoms with E-state index in [-0.39, 0.29) is 5.91 Å². The molecule has 4 heterocycles. The van der Waals surface area contributed by atoms with Gasteiger partial charge in [0.25, 0.3) is 0 Å². The van der Waals surface area contributed by atoms with Gasteiger partial charge in [-0.1, -0.05) is 36.4 Å². The first-order chi connectivity index (χ1) is 12.8. The largest absolute Gasteiger partial charge is 0.341 e. The number of benzene rings is 1. The minimum atomic E-state index is 0.286. The van der Waals surface area contributed by atoms with Crippen molar-refractivity contribution in [3.8, 4) is 0 Å². The second-order valence-corrected chi connectivity index (χ2v) is 7.63. The van der Waals surface area contributed by atoms with Gasteiger partial charge in [0.05, 0.1) is 0 Å². The summed E-state index contributed by atoms with van der Waals surface area (Å²) in [6.07, 6.45) is 5.56. The zero-order valence-electron chi connectivity index (χ0n) is 15.3. The van der Waals surface area contributed by atoms with E-state index < -0.39 is 0 Å². The molecule has 2 atom stereocenters. The second kappa shape index (κ2) is 8.00. The van der Waals surface area contributed by atoms with Crippen molar-refractivity contribution in [2.45, 2.75) is 38.3 Å². The van der Waals surface area contributed by atoms with Gasteiger partial charge in [-0.15, -0.1) is 0 Å². The summed E-state index contributed by atoms with van der Waals surface area (Å²) in [7, 11) is 0. The average molecular weight is 349 g/mol. The van der Waals surface area contributed by atoms with Crippen LogP contribution in [0.3, 0.4) is 0 Å². The number of nitrogens with zero attached hydrogens (tertiary/aromatic N) is 3. The standard InChI is InChI=1S/C22H27N3O/c26-22(12-10-20-8-4-5-13-23-20)25-16-19-9-11-21(17-25)24(15-19)14-18-6-2-1-3-7-18/h1-8,13,19,21H,9-12,14-17H2/t19-,21-/m0/s1. The first-order valence-corrected chi connectivity index (χ1v) is 9.73. The maximum absolute atomic E-state index is 12.8. The first-order valence-electron chi connectivity index (χ1n) is 9.73. The SMILES string of the molecule is O=C(CCc1ccccn1)N1C[C@H]2CC[C@@H](C1)N(Cc1ccccc1)C2. The molecule has 3 saturated heterocycles. The topological polar surface area (TPSA) is 36.4 Å². The van der Waals surface area contributed by atoms with Gasteiger partial charge < -0.3 is 4.90 Å². The Morgan fingerprint density at radius 2 is 1.85 bits per heavy atom. The molecule has 5 rings (SSSR count). The van der Waals surface area contributed by atoms with Gasteiger partial charge in [-0.25, -0.2) is 0 Å². The van der Waals surface area contributed by atoms with Crippen LogP contribution in [0.15, 0.2) is 54.7 Å². The molecular weight excluding hydrogens is 322 g/mol. The second-order valence-electron chi connectivity index (χ2n) is 7.63. The van der Waals surface area contributed by atoms with Crippen LogP contribution in [0.5, 0.6) is 0 Å². The van der Waals surface area contributed by atoms with Crippen molar-refractivity contribution < 1.29 is 4.79 Å². The minimum Gasteiger partial charge on any atom is -0.341 e. The van der Waals surface area contributed by atoms with E-state index in [1.165, 1.54) is 18.4 Å². The van der Waals surface area contributed by atoms with E-state index in [0.717, 1.165) is 38.3 Å². The van der Waals surface area contributed by atoms with Crippen molar-refractivity contribution in [2.24, 2.45) is 5.92 Å². The number of hydrogen-bond acceptors (Lipinski definition) is 3. The molecule has 4 nitrogen and oxygen atoms in total. The van der Waals surface area contributed by atoms with Gasteiger partial charge in [0, 0.05) is 50.5 Å². The number of aryl methyl sites for hydroxylation is 1. The summed E-state index contributed by atoms with van der Waals surface area (Å²) in [5.74, 6) is 0.894. The zero-order valence-corrected chi connectivity index (χ0v) is 15.3. The lowest BCUT2D eigenvalue weighted by molar-refractivity contribution is -0.131. The van der Waals surface area contributed by atoms with Gasteiger partial charge in [0.1, 0.15) is 0 Å². The molecule has 1 aromatic heterocycles. The van der Waals surface area contributed by atoms with Gasteiger partial charge in [-0.05, 0) is 42.9 Å². The van der Waals surface area contributed by atoms with Gasteiger partial charge in [-0.2, -0.15) is 0 Å². The number of fused-ring (bicyclic) bond motifs is 4. The zero-order chi connectivity index (χ0) is 17.8. The summed E-state index contributed by atoms with van der Waals surface area (Å²) in [5, 5.41) is 0. The van der Waals surface area contributed by atoms with Crippen molar-refractivity contribution >= 4 is 5.91 Å². The predicted molar refractivity (Wildman–Crippen MR) is 103 cm³/mol. The van der Waals surface area contributed by atoms with Crippen LogP contribution in [0.4, 0.5) is 0 Å². The Hall–Kier alpha value is -2.20. The van der Waals surface area contributed by atoms with E-state index in [1.807, 2.05) is 18.2 Å². The fraction of sp³-hybridized carbons (Fsp3) is 0.455. The van der Waals surface area contributed by atoms with E-state index in [9.17, 15) is 4.79 Å². The lowest BCUT2D eigenvalue weighted by Gasteiger charge is -2.36. The fourth-order valence-electron chi connectivity index (χ4n) is 4.33. The van der Waals surface area contributed by atoms with Crippen LogP contribution in [0.25, 0.3) is 0 Å². The number of piperidine rings is 1. The third-order valence-corrected chi connectivity index (χ3v) is 5.73. The van der Waals surface area contributed by atoms with Gasteiger partial charge in [0.15, 0.2) is 0 Å². The number of rotatable bonds is 5. The van der Waals surface area contributed by atoms with Crippen molar-refractivity contribution in [3.05, 3.63) is 66.0 Å². The monoisotopic (exact) mass is 349 g/mol. The lowest BCUT2D eigenvalue weighted by atomic mass is 9.94. The molecule has 0 radical (unpaired) electrons. The van der Waals surface area contributed by atoms with Crippen LogP contribution in [-0.2, 0) is 17.8 Å². The maximum atomic E-state index is 12.8. The van der Waals surface area contributed by atoms with Crippen molar-refractivity contribution in [1.82, 2.24) is 14.8 Å². The lowest BCUT2D eigenvalue weighted by Crippen LogP contribution is -2.43. The molecule has 2 aromatic rings. The third kappa shape index (κ3) is 4.13. The smallest absolute Gasteiger partial charge is 0.223 e. The molecule has 0 unspecified atom stereocenters. The molecule has 136 valence electrons. The number of carbonyl (C=O) groups is 1. The molecule has 2 bridgehead atoms. The highest BCUT2D eigenvalue weighted by Crippen LogP contribution is 2.29. The highest BCUT2D eigenvalue weighted by molar-refractivity contribution is 5.76. The average Bonchev–Trinajstić information content (AvgIpc) is 3.00. The Balaban J connectivity index is 1.37. The van der Waals surface area contributed by atoms with E-state index in [4.69, 9.17) is 0 Å². The highest BCUT2D eigenvalue weighted by Gasteiger charge is 2.36. The molecule has 3 aliphatic heterocycles. The number of amides is 1. The molecule has 1 amide bonds. The van der Waals surface area contributed by atoms with Gasteiger partial charge in [-0.3, -0.25) is 14.7 Å². The Bertz CT molecular complexity index is 719. The summed E-state index contributed by atoms with van der Waals surface area (Å²) in [6, 6.07) is 17.1. The Labute approximate surface area is 155 Å². The molecule has 0 spiro atoms. The summed E-state index contributed by atoms with van der Waals surface area (Å²) >= 11 is 0. The van der Waals surface area contributed by atoms with Crippen LogP contribution in [0, 0.1) is 5.92 Å². The minimum absolute atomic E-state index is 0.286. The normalized spacial score (nSPS) is 23.0. The van der Waals surface area contributed by atoms with Crippen molar-refractivity contribution in [2.75, 3.05) is 19.6 Å². The molecule has 1 aromatic carbocycles. The predicted octanol–water partition coefficient (Wildman–Crippen LogP) is 3.14. The summed E-state index contributed by atoms with van der Waals surface area (Å²) in [5.41, 5.74) is 2.37. The summed E-state index contributed by atoms with van der Waals surface area (Å²) < 4.78 is 0. The third-order valence-electron chi connectivity index (χ3n) is 5.73. The van der Waals surface area contributed by atoms with Crippen LogP contribution in [-0.4, -0.2) is 46.4 Å². The maximum Gasteiger partial charge on any atom is 0.223 e. The Kier molecular flexibility index (Phi) is 5.30. The quantitative estimate of drug-likeness (QED) is 0.832. The Morgan fingerprint density at radius 3 is 2.65 bits per heavy atom. The molecule has 4 heteroatoms. The molecule has 0 saturated carbocycles. The first kappa shape index (κ1) is 17.2. The van der Waals surface area contributed by atoms with Crippen LogP contribution < -0.4 is 0 Å².